The Hall–Kier alpha value is -3.67. The van der Waals surface area contributed by atoms with Crippen LogP contribution in [0.1, 0.15) is 38.8 Å². The topological polar surface area (TPSA) is 80.3 Å². The first-order chi connectivity index (χ1) is 14.0. The number of aryl methyl sites for hydroxylation is 2. The van der Waals surface area contributed by atoms with E-state index in [1.807, 2.05) is 51.1 Å². The van der Waals surface area contributed by atoms with Crippen LogP contribution in [-0.2, 0) is 0 Å². The smallest absolute Gasteiger partial charge is 0.257 e. The molecule has 0 saturated carbocycles. The Kier molecular flexibility index (Phi) is 6.24. The van der Waals surface area contributed by atoms with Crippen molar-refractivity contribution in [3.63, 3.8) is 0 Å². The van der Waals surface area contributed by atoms with Crippen molar-refractivity contribution in [3.05, 3.63) is 83.2 Å². The Morgan fingerprint density at radius 2 is 1.52 bits per heavy atom. The monoisotopic (exact) mass is 389 g/mol. The average molecular weight is 389 g/mol. The molecule has 3 rings (SSSR count). The predicted molar refractivity (Wildman–Crippen MR) is 114 cm³/mol. The average Bonchev–Trinajstić information content (AvgIpc) is 2.72. The van der Waals surface area contributed by atoms with Gasteiger partial charge in [-0.3, -0.25) is 14.6 Å². The Morgan fingerprint density at radius 1 is 0.897 bits per heavy atom. The van der Waals surface area contributed by atoms with E-state index in [0.717, 1.165) is 16.8 Å². The highest BCUT2D eigenvalue weighted by molar-refractivity contribution is 6.09. The van der Waals surface area contributed by atoms with Crippen LogP contribution >= 0.6 is 0 Å². The Morgan fingerprint density at radius 3 is 2.17 bits per heavy atom. The number of pyridine rings is 1. The largest absolute Gasteiger partial charge is 0.492 e. The molecule has 29 heavy (non-hydrogen) atoms. The fourth-order valence-corrected chi connectivity index (χ4v) is 2.93. The van der Waals surface area contributed by atoms with Crippen molar-refractivity contribution in [1.29, 1.82) is 0 Å². The van der Waals surface area contributed by atoms with Crippen LogP contribution in [0.25, 0.3) is 0 Å². The number of aromatic nitrogens is 1. The summed E-state index contributed by atoms with van der Waals surface area (Å²) in [6.07, 6.45) is 2.86. The lowest BCUT2D eigenvalue weighted by Crippen LogP contribution is -2.17. The number of ether oxygens (including phenoxy) is 1. The van der Waals surface area contributed by atoms with E-state index in [-0.39, 0.29) is 17.4 Å². The maximum Gasteiger partial charge on any atom is 0.257 e. The highest BCUT2D eigenvalue weighted by Gasteiger charge is 2.15. The van der Waals surface area contributed by atoms with Crippen LogP contribution in [0.4, 0.5) is 11.4 Å². The number of amides is 2. The summed E-state index contributed by atoms with van der Waals surface area (Å²) in [5.74, 6) is -0.106. The lowest BCUT2D eigenvalue weighted by atomic mass is 10.1. The SMILES string of the molecule is CCOc1ccccc1NC(=O)c1cncc(C(=O)Nc2c(C)cccc2C)c1. The zero-order valence-electron chi connectivity index (χ0n) is 16.7. The Balaban J connectivity index is 1.79. The molecule has 3 aromatic rings. The van der Waals surface area contributed by atoms with Gasteiger partial charge in [0.05, 0.1) is 23.4 Å². The van der Waals surface area contributed by atoms with Crippen molar-refractivity contribution >= 4 is 23.2 Å². The first-order valence-corrected chi connectivity index (χ1v) is 9.35. The van der Waals surface area contributed by atoms with Crippen molar-refractivity contribution in [2.75, 3.05) is 17.2 Å². The van der Waals surface area contributed by atoms with E-state index in [2.05, 4.69) is 15.6 Å². The molecule has 0 atom stereocenters. The quantitative estimate of drug-likeness (QED) is 0.646. The number of hydrogen-bond donors (Lipinski definition) is 2. The number of rotatable bonds is 6. The molecule has 1 heterocycles. The Bertz CT molecular complexity index is 1030. The van der Waals surface area contributed by atoms with E-state index in [4.69, 9.17) is 4.74 Å². The minimum Gasteiger partial charge on any atom is -0.492 e. The van der Waals surface area contributed by atoms with Crippen LogP contribution in [0.3, 0.4) is 0 Å². The summed E-state index contributed by atoms with van der Waals surface area (Å²) < 4.78 is 5.53. The number of nitrogens with one attached hydrogen (secondary N) is 2. The van der Waals surface area contributed by atoms with E-state index in [1.165, 1.54) is 18.5 Å². The predicted octanol–water partition coefficient (Wildman–Crippen LogP) is 4.60. The van der Waals surface area contributed by atoms with Gasteiger partial charge in [0.1, 0.15) is 5.75 Å². The van der Waals surface area contributed by atoms with Gasteiger partial charge in [-0.1, -0.05) is 30.3 Å². The Labute approximate surface area is 169 Å². The van der Waals surface area contributed by atoms with E-state index >= 15 is 0 Å². The van der Waals surface area contributed by atoms with Gasteiger partial charge in [-0.25, -0.2) is 0 Å². The summed E-state index contributed by atoms with van der Waals surface area (Å²) >= 11 is 0. The van der Waals surface area contributed by atoms with Gasteiger partial charge >= 0.3 is 0 Å². The standard InChI is InChI=1S/C23H23N3O3/c1-4-29-20-11-6-5-10-19(20)25-22(27)17-12-18(14-24-13-17)23(28)26-21-15(2)8-7-9-16(21)3/h5-14H,4H2,1-3H3,(H,25,27)(H,26,28). The lowest BCUT2D eigenvalue weighted by molar-refractivity contribution is 0.102. The third-order valence-corrected chi connectivity index (χ3v) is 4.42. The minimum absolute atomic E-state index is 0.283. The molecule has 0 aliphatic heterocycles. The number of benzene rings is 2. The third-order valence-electron chi connectivity index (χ3n) is 4.42. The number of nitrogens with zero attached hydrogens (tertiary/aromatic N) is 1. The molecule has 0 fully saturated rings. The molecule has 0 bridgehead atoms. The molecule has 2 N–H and O–H groups in total. The van der Waals surface area contributed by atoms with Gasteiger partial charge in [-0.2, -0.15) is 0 Å². The molecule has 0 radical (unpaired) electrons. The van der Waals surface area contributed by atoms with Crippen molar-refractivity contribution < 1.29 is 14.3 Å². The summed E-state index contributed by atoms with van der Waals surface area (Å²) in [6.45, 7) is 6.23. The molecule has 2 amide bonds. The third kappa shape index (κ3) is 4.79. The van der Waals surface area contributed by atoms with Gasteiger partial charge in [0.25, 0.3) is 11.8 Å². The van der Waals surface area contributed by atoms with Crippen molar-refractivity contribution in [3.8, 4) is 5.75 Å². The zero-order chi connectivity index (χ0) is 20.8. The van der Waals surface area contributed by atoms with E-state index in [1.54, 1.807) is 12.1 Å². The maximum atomic E-state index is 12.7. The van der Waals surface area contributed by atoms with Crippen molar-refractivity contribution in [2.24, 2.45) is 0 Å². The van der Waals surface area contributed by atoms with Gasteiger partial charge < -0.3 is 15.4 Å². The molecule has 0 aliphatic carbocycles. The van der Waals surface area contributed by atoms with Crippen LogP contribution < -0.4 is 15.4 Å². The number of hydrogen-bond acceptors (Lipinski definition) is 4. The molecule has 6 heteroatoms. The van der Waals surface area contributed by atoms with E-state index in [0.29, 0.717) is 23.6 Å². The van der Waals surface area contributed by atoms with Gasteiger partial charge in [-0.05, 0) is 50.1 Å². The maximum absolute atomic E-state index is 12.7. The van der Waals surface area contributed by atoms with E-state index < -0.39 is 0 Å². The second-order valence-corrected chi connectivity index (χ2v) is 6.57. The summed E-state index contributed by atoms with van der Waals surface area (Å²) in [4.78, 5) is 29.4. The van der Waals surface area contributed by atoms with Crippen LogP contribution in [0.15, 0.2) is 60.9 Å². The molecule has 0 spiro atoms. The fraction of sp³-hybridized carbons (Fsp3) is 0.174. The van der Waals surface area contributed by atoms with E-state index in [9.17, 15) is 9.59 Å². The van der Waals surface area contributed by atoms with Crippen molar-refractivity contribution in [1.82, 2.24) is 4.98 Å². The summed E-state index contributed by atoms with van der Waals surface area (Å²) in [6, 6.07) is 14.5. The summed E-state index contributed by atoms with van der Waals surface area (Å²) in [5, 5.41) is 5.72. The minimum atomic E-state index is -0.369. The molecule has 0 aliphatic rings. The van der Waals surface area contributed by atoms with Crippen LogP contribution in [0.2, 0.25) is 0 Å². The number of anilines is 2. The number of carbonyl (C=O) groups is 2. The van der Waals surface area contributed by atoms with Gasteiger partial charge in [0.15, 0.2) is 0 Å². The molecule has 2 aromatic carbocycles. The van der Waals surface area contributed by atoms with Crippen LogP contribution in [0.5, 0.6) is 5.75 Å². The first kappa shape index (κ1) is 20.1. The fourth-order valence-electron chi connectivity index (χ4n) is 2.93. The normalized spacial score (nSPS) is 10.3. The molecule has 1 aromatic heterocycles. The zero-order valence-corrected chi connectivity index (χ0v) is 16.7. The molecule has 148 valence electrons. The lowest BCUT2D eigenvalue weighted by Gasteiger charge is -2.13. The molecular weight excluding hydrogens is 366 g/mol. The summed E-state index contributed by atoms with van der Waals surface area (Å²) in [7, 11) is 0. The molecule has 0 unspecified atom stereocenters. The van der Waals surface area contributed by atoms with Gasteiger partial charge in [-0.15, -0.1) is 0 Å². The van der Waals surface area contributed by atoms with Gasteiger partial charge in [0.2, 0.25) is 0 Å². The highest BCUT2D eigenvalue weighted by atomic mass is 16.5. The van der Waals surface area contributed by atoms with Crippen LogP contribution in [0, 0.1) is 13.8 Å². The van der Waals surface area contributed by atoms with Crippen molar-refractivity contribution in [2.45, 2.75) is 20.8 Å². The van der Waals surface area contributed by atoms with Gasteiger partial charge in [0, 0.05) is 18.1 Å². The first-order valence-electron chi connectivity index (χ1n) is 9.35. The summed E-state index contributed by atoms with van der Waals surface area (Å²) in [5.41, 5.74) is 3.84. The molecule has 6 nitrogen and oxygen atoms in total. The number of carbonyl (C=O) groups excluding carboxylic acids is 2. The van der Waals surface area contributed by atoms with Crippen LogP contribution in [-0.4, -0.2) is 23.4 Å². The highest BCUT2D eigenvalue weighted by Crippen LogP contribution is 2.24. The molecular formula is C23H23N3O3. The second kappa shape index (κ2) is 9.01. The second-order valence-electron chi connectivity index (χ2n) is 6.57. The molecule has 0 saturated heterocycles. The number of para-hydroxylation sites is 3.